The molecular formula is C16H24BrN3. The van der Waals surface area contributed by atoms with Gasteiger partial charge in [-0.2, -0.15) is 10.4 Å². The molecule has 0 saturated heterocycles. The van der Waals surface area contributed by atoms with Crippen LogP contribution in [0.25, 0.3) is 0 Å². The van der Waals surface area contributed by atoms with Crippen molar-refractivity contribution in [2.75, 3.05) is 0 Å². The summed E-state index contributed by atoms with van der Waals surface area (Å²) in [5.41, 5.74) is 2.14. The number of hydrogen-bond acceptors (Lipinski definition) is 2. The molecule has 0 spiro atoms. The highest BCUT2D eigenvalue weighted by atomic mass is 79.9. The van der Waals surface area contributed by atoms with Crippen LogP contribution in [0.3, 0.4) is 0 Å². The van der Waals surface area contributed by atoms with Crippen LogP contribution in [0.5, 0.6) is 0 Å². The minimum absolute atomic E-state index is 0.179. The van der Waals surface area contributed by atoms with E-state index in [1.54, 1.807) is 0 Å². The summed E-state index contributed by atoms with van der Waals surface area (Å²) in [6.45, 7) is 7.34. The van der Waals surface area contributed by atoms with Crippen LogP contribution < -0.4 is 0 Å². The summed E-state index contributed by atoms with van der Waals surface area (Å²) in [6.07, 6.45) is 6.23. The number of aromatic nitrogens is 2. The van der Waals surface area contributed by atoms with E-state index in [1.807, 2.05) is 0 Å². The second-order valence-electron chi connectivity index (χ2n) is 5.96. The van der Waals surface area contributed by atoms with E-state index >= 15 is 0 Å². The second-order valence-corrected chi connectivity index (χ2v) is 6.76. The average Bonchev–Trinajstić information content (AvgIpc) is 3.02. The molecule has 1 aromatic heterocycles. The van der Waals surface area contributed by atoms with E-state index in [9.17, 15) is 5.26 Å². The smallest absolute Gasteiger partial charge is 0.0766 e. The Kier molecular flexibility index (Phi) is 4.90. The first kappa shape index (κ1) is 15.6. The molecule has 20 heavy (non-hydrogen) atoms. The Morgan fingerprint density at radius 1 is 1.45 bits per heavy atom. The quantitative estimate of drug-likeness (QED) is 0.794. The molecular weight excluding hydrogens is 314 g/mol. The van der Waals surface area contributed by atoms with E-state index in [2.05, 4.69) is 52.6 Å². The van der Waals surface area contributed by atoms with Crippen LogP contribution in [0.4, 0.5) is 0 Å². The Morgan fingerprint density at radius 3 is 2.70 bits per heavy atom. The van der Waals surface area contributed by atoms with Gasteiger partial charge in [-0.15, -0.1) is 0 Å². The van der Waals surface area contributed by atoms with E-state index in [0.29, 0.717) is 0 Å². The van der Waals surface area contributed by atoms with Gasteiger partial charge in [-0.05, 0) is 54.5 Å². The third kappa shape index (κ3) is 2.79. The largest absolute Gasteiger partial charge is 0.268 e. The maximum atomic E-state index is 9.71. The van der Waals surface area contributed by atoms with Crippen LogP contribution in [-0.2, 0) is 19.4 Å². The maximum absolute atomic E-state index is 9.71. The lowest BCUT2D eigenvalue weighted by Crippen LogP contribution is -2.20. The Balaban J connectivity index is 2.29. The molecule has 3 nitrogen and oxygen atoms in total. The summed E-state index contributed by atoms with van der Waals surface area (Å²) < 4.78 is 3.19. The summed E-state index contributed by atoms with van der Waals surface area (Å²) in [6, 6.07) is 2.63. The molecule has 0 amide bonds. The van der Waals surface area contributed by atoms with Crippen LogP contribution in [0.1, 0.15) is 57.8 Å². The van der Waals surface area contributed by atoms with Crippen molar-refractivity contribution in [3.63, 3.8) is 0 Å². The van der Waals surface area contributed by atoms with Gasteiger partial charge in [0, 0.05) is 13.0 Å². The van der Waals surface area contributed by atoms with Gasteiger partial charge in [0.2, 0.25) is 0 Å². The van der Waals surface area contributed by atoms with Crippen LogP contribution in [0.2, 0.25) is 0 Å². The fourth-order valence-corrected chi connectivity index (χ4v) is 4.10. The number of aryl methyl sites for hydroxylation is 2. The van der Waals surface area contributed by atoms with Crippen molar-refractivity contribution in [1.82, 2.24) is 9.78 Å². The van der Waals surface area contributed by atoms with Crippen molar-refractivity contribution in [2.24, 2.45) is 11.3 Å². The third-order valence-corrected chi connectivity index (χ3v) is 5.64. The number of halogens is 1. The topological polar surface area (TPSA) is 41.6 Å². The molecule has 0 N–H and O–H groups in total. The SMILES string of the molecule is CCc1nn(CC)c(CC2(C#N)CCC(CC)C2)c1Br. The fraction of sp³-hybridized carbons (Fsp3) is 0.750. The number of nitriles is 1. The molecule has 4 heteroatoms. The Bertz CT molecular complexity index is 515. The summed E-state index contributed by atoms with van der Waals surface area (Å²) >= 11 is 3.70. The molecule has 0 aromatic carbocycles. The van der Waals surface area contributed by atoms with Gasteiger partial charge in [0.15, 0.2) is 0 Å². The molecule has 1 aliphatic rings. The zero-order chi connectivity index (χ0) is 14.8. The van der Waals surface area contributed by atoms with Crippen LogP contribution in [-0.4, -0.2) is 9.78 Å². The van der Waals surface area contributed by atoms with Crippen molar-refractivity contribution in [3.05, 3.63) is 15.9 Å². The van der Waals surface area contributed by atoms with E-state index in [1.165, 1.54) is 18.5 Å². The predicted molar refractivity (Wildman–Crippen MR) is 84.4 cm³/mol. The lowest BCUT2D eigenvalue weighted by molar-refractivity contribution is 0.368. The number of hydrogen-bond donors (Lipinski definition) is 0. The molecule has 1 fully saturated rings. The minimum Gasteiger partial charge on any atom is -0.268 e. The molecule has 1 heterocycles. The van der Waals surface area contributed by atoms with Gasteiger partial charge >= 0.3 is 0 Å². The normalized spacial score (nSPS) is 25.9. The number of rotatable bonds is 5. The zero-order valence-corrected chi connectivity index (χ0v) is 14.3. The van der Waals surface area contributed by atoms with E-state index in [-0.39, 0.29) is 5.41 Å². The first-order valence-electron chi connectivity index (χ1n) is 7.74. The molecule has 2 rings (SSSR count). The van der Waals surface area contributed by atoms with Crippen molar-refractivity contribution in [3.8, 4) is 6.07 Å². The summed E-state index contributed by atoms with van der Waals surface area (Å²) in [7, 11) is 0. The molecule has 0 bridgehead atoms. The summed E-state index contributed by atoms with van der Waals surface area (Å²) in [5.74, 6) is 0.720. The highest BCUT2D eigenvalue weighted by molar-refractivity contribution is 9.10. The summed E-state index contributed by atoms with van der Waals surface area (Å²) in [4.78, 5) is 0. The van der Waals surface area contributed by atoms with Crippen LogP contribution >= 0.6 is 15.9 Å². The lowest BCUT2D eigenvalue weighted by atomic mass is 9.82. The molecule has 110 valence electrons. The first-order chi connectivity index (χ1) is 9.59. The standard InChI is InChI=1S/C16H24BrN3/c1-4-12-7-8-16(9-12,11-18)10-14-15(17)13(5-2)19-20(14)6-3/h12H,4-10H2,1-3H3. The highest BCUT2D eigenvalue weighted by Gasteiger charge is 2.40. The second kappa shape index (κ2) is 6.30. The van der Waals surface area contributed by atoms with Gasteiger partial charge in [-0.3, -0.25) is 4.68 Å². The fourth-order valence-electron chi connectivity index (χ4n) is 3.39. The lowest BCUT2D eigenvalue weighted by Gasteiger charge is -2.21. The third-order valence-electron chi connectivity index (χ3n) is 4.73. The van der Waals surface area contributed by atoms with Crippen molar-refractivity contribution < 1.29 is 0 Å². The minimum atomic E-state index is -0.179. The van der Waals surface area contributed by atoms with Gasteiger partial charge in [0.1, 0.15) is 0 Å². The molecule has 2 atom stereocenters. The van der Waals surface area contributed by atoms with Crippen molar-refractivity contribution in [1.29, 1.82) is 5.26 Å². The van der Waals surface area contributed by atoms with Gasteiger partial charge in [0.25, 0.3) is 0 Å². The molecule has 2 unspecified atom stereocenters. The molecule has 1 aliphatic carbocycles. The van der Waals surface area contributed by atoms with Gasteiger partial charge < -0.3 is 0 Å². The first-order valence-corrected chi connectivity index (χ1v) is 8.53. The maximum Gasteiger partial charge on any atom is 0.0766 e. The molecule has 1 aromatic rings. The highest BCUT2D eigenvalue weighted by Crippen LogP contribution is 2.46. The van der Waals surface area contributed by atoms with E-state index in [4.69, 9.17) is 0 Å². The zero-order valence-electron chi connectivity index (χ0n) is 12.7. The van der Waals surface area contributed by atoms with Crippen molar-refractivity contribution in [2.45, 2.75) is 65.8 Å². The molecule has 0 radical (unpaired) electrons. The number of nitrogens with zero attached hydrogens (tertiary/aromatic N) is 3. The van der Waals surface area contributed by atoms with E-state index in [0.717, 1.165) is 48.3 Å². The monoisotopic (exact) mass is 337 g/mol. The predicted octanol–water partition coefficient (Wildman–Crippen LogP) is 4.49. The van der Waals surface area contributed by atoms with Gasteiger partial charge in [-0.25, -0.2) is 0 Å². The van der Waals surface area contributed by atoms with Gasteiger partial charge in [0.05, 0.1) is 27.3 Å². The molecule has 1 saturated carbocycles. The van der Waals surface area contributed by atoms with E-state index < -0.39 is 0 Å². The Morgan fingerprint density at radius 2 is 2.20 bits per heavy atom. The Hall–Kier alpha value is -0.820. The molecule has 0 aliphatic heterocycles. The van der Waals surface area contributed by atoms with Crippen molar-refractivity contribution >= 4 is 15.9 Å². The van der Waals surface area contributed by atoms with Crippen LogP contribution in [0.15, 0.2) is 4.47 Å². The Labute approximate surface area is 130 Å². The summed E-state index contributed by atoms with van der Waals surface area (Å²) in [5, 5.41) is 14.4. The van der Waals surface area contributed by atoms with Crippen LogP contribution in [0, 0.1) is 22.7 Å². The average molecular weight is 338 g/mol. The van der Waals surface area contributed by atoms with Gasteiger partial charge in [-0.1, -0.05) is 20.3 Å².